The molecule has 6 nitrogen and oxygen atoms in total. The van der Waals surface area contributed by atoms with E-state index in [9.17, 15) is 4.79 Å². The number of aryl methyl sites for hydroxylation is 1. The molecule has 0 saturated carbocycles. The number of amides is 1. The molecule has 0 spiro atoms. The summed E-state index contributed by atoms with van der Waals surface area (Å²) < 4.78 is 1.79. The molecule has 1 saturated heterocycles. The van der Waals surface area contributed by atoms with Crippen molar-refractivity contribution in [2.45, 2.75) is 52.5 Å². The Labute approximate surface area is 143 Å². The minimum absolute atomic E-state index is 0.132. The van der Waals surface area contributed by atoms with E-state index in [0.29, 0.717) is 5.91 Å². The second-order valence-corrected chi connectivity index (χ2v) is 6.86. The number of hydrogen-bond acceptors (Lipinski definition) is 4. The van der Waals surface area contributed by atoms with Crippen LogP contribution < -0.4 is 5.32 Å². The van der Waals surface area contributed by atoms with Crippen molar-refractivity contribution in [3.8, 4) is 0 Å². The fraction of sp³-hybridized carbons (Fsp3) is 0.611. The van der Waals surface area contributed by atoms with Crippen molar-refractivity contribution in [1.29, 1.82) is 0 Å². The van der Waals surface area contributed by atoms with Crippen LogP contribution in [0.4, 0.5) is 5.82 Å². The van der Waals surface area contributed by atoms with Gasteiger partial charge in [0.15, 0.2) is 5.65 Å². The van der Waals surface area contributed by atoms with Crippen LogP contribution in [-0.2, 0) is 4.79 Å². The van der Waals surface area contributed by atoms with Gasteiger partial charge < -0.3 is 10.2 Å². The zero-order valence-electron chi connectivity index (χ0n) is 14.8. The van der Waals surface area contributed by atoms with Gasteiger partial charge in [-0.1, -0.05) is 26.7 Å². The maximum atomic E-state index is 12.5. The Bertz CT molecular complexity index is 710. The first kappa shape index (κ1) is 16.7. The van der Waals surface area contributed by atoms with Gasteiger partial charge in [0, 0.05) is 25.0 Å². The van der Waals surface area contributed by atoms with Gasteiger partial charge in [0.05, 0.1) is 11.9 Å². The first-order valence-electron chi connectivity index (χ1n) is 8.95. The molecule has 130 valence electrons. The van der Waals surface area contributed by atoms with Gasteiger partial charge >= 0.3 is 0 Å². The molecule has 1 aliphatic heterocycles. The Morgan fingerprint density at radius 3 is 3.08 bits per heavy atom. The Balaban J connectivity index is 1.57. The number of aromatic nitrogens is 3. The van der Waals surface area contributed by atoms with Gasteiger partial charge in [0.1, 0.15) is 5.82 Å². The van der Waals surface area contributed by atoms with E-state index in [4.69, 9.17) is 0 Å². The third-order valence-corrected chi connectivity index (χ3v) is 4.70. The average Bonchev–Trinajstić information content (AvgIpc) is 3.17. The second kappa shape index (κ2) is 7.20. The minimum atomic E-state index is 0.132. The molecule has 0 aliphatic carbocycles. The molecule has 1 amide bonds. The van der Waals surface area contributed by atoms with Crippen molar-refractivity contribution in [1.82, 2.24) is 19.5 Å². The summed E-state index contributed by atoms with van der Waals surface area (Å²) in [6, 6.07) is 4.19. The highest BCUT2D eigenvalue weighted by molar-refractivity contribution is 5.78. The maximum Gasteiger partial charge on any atom is 0.225 e. The van der Waals surface area contributed by atoms with Crippen LogP contribution in [0.3, 0.4) is 0 Å². The Morgan fingerprint density at radius 1 is 1.46 bits per heavy atom. The molecular formula is C18H27N5O. The normalized spacial score (nSPS) is 19.0. The minimum Gasteiger partial charge on any atom is -0.364 e. The largest absolute Gasteiger partial charge is 0.364 e. The number of nitrogens with one attached hydrogen (secondary N) is 1. The lowest BCUT2D eigenvalue weighted by Gasteiger charge is -2.21. The van der Waals surface area contributed by atoms with E-state index in [1.807, 2.05) is 30.2 Å². The van der Waals surface area contributed by atoms with Gasteiger partial charge in [0.2, 0.25) is 5.91 Å². The van der Waals surface area contributed by atoms with E-state index in [1.165, 1.54) is 0 Å². The lowest BCUT2D eigenvalue weighted by atomic mass is 10.0. The third kappa shape index (κ3) is 3.68. The number of likely N-dealkylation sites (tertiary alicyclic amines) is 1. The van der Waals surface area contributed by atoms with E-state index in [1.54, 1.807) is 4.52 Å². The molecule has 2 aromatic heterocycles. The van der Waals surface area contributed by atoms with Gasteiger partial charge in [-0.05, 0) is 31.9 Å². The zero-order chi connectivity index (χ0) is 17.1. The molecule has 6 heteroatoms. The van der Waals surface area contributed by atoms with Crippen LogP contribution in [0, 0.1) is 12.8 Å². The monoisotopic (exact) mass is 329 g/mol. The number of carbonyl (C=O) groups excluding carboxylic acids is 1. The molecule has 0 bridgehead atoms. The summed E-state index contributed by atoms with van der Waals surface area (Å²) in [6.07, 6.45) is 6.14. The second-order valence-electron chi connectivity index (χ2n) is 6.86. The summed E-state index contributed by atoms with van der Waals surface area (Å²) >= 11 is 0. The first-order chi connectivity index (χ1) is 11.6. The van der Waals surface area contributed by atoms with Crippen molar-refractivity contribution in [2.75, 3.05) is 18.4 Å². The van der Waals surface area contributed by atoms with Gasteiger partial charge in [-0.3, -0.25) is 4.79 Å². The van der Waals surface area contributed by atoms with Crippen LogP contribution in [0.2, 0.25) is 0 Å². The number of rotatable bonds is 6. The Morgan fingerprint density at radius 2 is 2.29 bits per heavy atom. The summed E-state index contributed by atoms with van der Waals surface area (Å²) in [5, 5.41) is 8.00. The van der Waals surface area contributed by atoms with Gasteiger partial charge in [-0.2, -0.15) is 0 Å². The van der Waals surface area contributed by atoms with Gasteiger partial charge in [0.25, 0.3) is 0 Å². The molecule has 0 radical (unpaired) electrons. The van der Waals surface area contributed by atoms with Crippen LogP contribution in [0.15, 0.2) is 18.3 Å². The van der Waals surface area contributed by atoms with E-state index in [0.717, 1.165) is 55.9 Å². The van der Waals surface area contributed by atoms with Crippen molar-refractivity contribution >= 4 is 17.4 Å². The summed E-state index contributed by atoms with van der Waals surface area (Å²) in [5.41, 5.74) is 1.81. The maximum absolute atomic E-state index is 12.5. The molecule has 2 aromatic rings. The third-order valence-electron chi connectivity index (χ3n) is 4.70. The van der Waals surface area contributed by atoms with E-state index in [-0.39, 0.29) is 12.0 Å². The number of anilines is 1. The van der Waals surface area contributed by atoms with Crippen LogP contribution >= 0.6 is 0 Å². The zero-order valence-corrected chi connectivity index (χ0v) is 14.8. The lowest BCUT2D eigenvalue weighted by Crippen LogP contribution is -2.35. The number of carbonyl (C=O) groups is 1. The lowest BCUT2D eigenvalue weighted by molar-refractivity contribution is -0.134. The van der Waals surface area contributed by atoms with Crippen molar-refractivity contribution in [3.63, 3.8) is 0 Å². The molecule has 3 rings (SSSR count). The molecule has 1 N–H and O–H groups in total. The van der Waals surface area contributed by atoms with Gasteiger partial charge in [-0.15, -0.1) is 5.10 Å². The fourth-order valence-corrected chi connectivity index (χ4v) is 3.31. The number of imidazole rings is 1. The van der Waals surface area contributed by atoms with Crippen LogP contribution in [0.5, 0.6) is 0 Å². The molecule has 1 fully saturated rings. The molecule has 24 heavy (non-hydrogen) atoms. The summed E-state index contributed by atoms with van der Waals surface area (Å²) in [4.78, 5) is 18.9. The van der Waals surface area contributed by atoms with Crippen LogP contribution in [-0.4, -0.2) is 44.5 Å². The molecule has 0 unspecified atom stereocenters. The van der Waals surface area contributed by atoms with Crippen LogP contribution in [0.1, 0.15) is 45.2 Å². The van der Waals surface area contributed by atoms with E-state index in [2.05, 4.69) is 29.2 Å². The van der Waals surface area contributed by atoms with Gasteiger partial charge in [-0.25, -0.2) is 9.50 Å². The SMILES string of the molecule is CCCC[C@H](C)C(=O)N1CC[C@H](Nc2ccc3nc(C)cn3n2)C1. The van der Waals surface area contributed by atoms with Crippen molar-refractivity contribution < 1.29 is 4.79 Å². The first-order valence-corrected chi connectivity index (χ1v) is 8.95. The summed E-state index contributed by atoms with van der Waals surface area (Å²) in [5.74, 6) is 1.26. The predicted octanol–water partition coefficient (Wildman–Crippen LogP) is 2.88. The topological polar surface area (TPSA) is 62.5 Å². The van der Waals surface area contributed by atoms with Crippen molar-refractivity contribution in [2.24, 2.45) is 5.92 Å². The Kier molecular flexibility index (Phi) is 5.02. The van der Waals surface area contributed by atoms with E-state index >= 15 is 0 Å². The number of hydrogen-bond donors (Lipinski definition) is 1. The molecular weight excluding hydrogens is 302 g/mol. The Hall–Kier alpha value is -2.11. The quantitative estimate of drug-likeness (QED) is 0.885. The van der Waals surface area contributed by atoms with Crippen molar-refractivity contribution in [3.05, 3.63) is 24.0 Å². The summed E-state index contributed by atoms with van der Waals surface area (Å²) in [6.45, 7) is 7.77. The number of fused-ring (bicyclic) bond motifs is 1. The molecule has 3 heterocycles. The average molecular weight is 329 g/mol. The number of nitrogens with zero attached hydrogens (tertiary/aromatic N) is 4. The highest BCUT2D eigenvalue weighted by atomic mass is 16.2. The van der Waals surface area contributed by atoms with Crippen LogP contribution in [0.25, 0.3) is 5.65 Å². The highest BCUT2D eigenvalue weighted by Crippen LogP contribution is 2.19. The highest BCUT2D eigenvalue weighted by Gasteiger charge is 2.28. The molecule has 0 aromatic carbocycles. The summed E-state index contributed by atoms with van der Waals surface area (Å²) in [7, 11) is 0. The molecule has 2 atom stereocenters. The smallest absolute Gasteiger partial charge is 0.225 e. The predicted molar refractivity (Wildman–Crippen MR) is 95.0 cm³/mol. The van der Waals surface area contributed by atoms with E-state index < -0.39 is 0 Å². The standard InChI is InChI=1S/C18H27N5O/c1-4-5-6-13(2)18(24)22-10-9-15(12-22)20-16-7-8-17-19-14(3)11-23(17)21-16/h7-8,11,13,15H,4-6,9-10,12H2,1-3H3,(H,20,21)/t13-,15-/m0/s1. The number of unbranched alkanes of at least 4 members (excludes halogenated alkanes) is 1. The molecule has 1 aliphatic rings. The fourth-order valence-electron chi connectivity index (χ4n) is 3.31.